The number of benzene rings is 1. The van der Waals surface area contributed by atoms with Gasteiger partial charge in [-0.2, -0.15) is 8.78 Å². The van der Waals surface area contributed by atoms with Crippen LogP contribution in [-0.4, -0.2) is 38.1 Å². The number of ether oxygens (including phenoxy) is 1. The van der Waals surface area contributed by atoms with Crippen LogP contribution in [0, 0.1) is 5.92 Å². The molecule has 5 nitrogen and oxygen atoms in total. The van der Waals surface area contributed by atoms with Crippen molar-refractivity contribution in [2.75, 3.05) is 12.3 Å². The molecule has 9 heteroatoms. The molecule has 1 aromatic rings. The molecule has 1 amide bonds. The molecule has 0 aromatic heterocycles. The largest absolute Gasteiger partial charge is 0.434 e. The lowest BCUT2D eigenvalue weighted by Crippen LogP contribution is -2.25. The van der Waals surface area contributed by atoms with Crippen molar-refractivity contribution >= 4 is 25.6 Å². The quantitative estimate of drug-likeness (QED) is 0.735. The number of para-hydroxylation sites is 1. The molecule has 1 unspecified atom stereocenters. The van der Waals surface area contributed by atoms with Gasteiger partial charge in [-0.3, -0.25) is 4.79 Å². The van der Waals surface area contributed by atoms with Crippen LogP contribution >= 0.6 is 10.7 Å². The van der Waals surface area contributed by atoms with Gasteiger partial charge in [0.25, 0.3) is 0 Å². The van der Waals surface area contributed by atoms with Gasteiger partial charge in [0, 0.05) is 41.7 Å². The highest BCUT2D eigenvalue weighted by Crippen LogP contribution is 2.26. The van der Waals surface area contributed by atoms with Crippen LogP contribution in [0.25, 0.3) is 0 Å². The van der Waals surface area contributed by atoms with Crippen molar-refractivity contribution < 1.29 is 26.7 Å². The molecule has 1 aromatic carbocycles. The van der Waals surface area contributed by atoms with Crippen molar-refractivity contribution in [2.45, 2.75) is 19.6 Å². The van der Waals surface area contributed by atoms with Crippen LogP contribution in [0.15, 0.2) is 24.3 Å². The van der Waals surface area contributed by atoms with Crippen molar-refractivity contribution in [1.82, 2.24) is 4.90 Å². The molecule has 22 heavy (non-hydrogen) atoms. The molecular formula is C13H14ClF2NO4S. The number of carbonyl (C=O) groups is 1. The molecule has 0 N–H and O–H groups in total. The Morgan fingerprint density at radius 2 is 2.05 bits per heavy atom. The fraction of sp³-hybridized carbons (Fsp3) is 0.462. The van der Waals surface area contributed by atoms with Crippen molar-refractivity contribution in [1.29, 1.82) is 0 Å². The highest BCUT2D eigenvalue weighted by Gasteiger charge is 2.32. The van der Waals surface area contributed by atoms with E-state index in [9.17, 15) is 22.0 Å². The maximum Gasteiger partial charge on any atom is 0.387 e. The third-order valence-corrected chi connectivity index (χ3v) is 4.53. The summed E-state index contributed by atoms with van der Waals surface area (Å²) in [5.74, 6) is -0.916. The average molecular weight is 354 g/mol. The second-order valence-corrected chi connectivity index (χ2v) is 7.86. The van der Waals surface area contributed by atoms with E-state index in [0.29, 0.717) is 5.56 Å². The van der Waals surface area contributed by atoms with Crippen LogP contribution in [0.4, 0.5) is 8.78 Å². The Kier molecular flexibility index (Phi) is 5.23. The summed E-state index contributed by atoms with van der Waals surface area (Å²) in [6.07, 6.45) is 0.0732. The van der Waals surface area contributed by atoms with Gasteiger partial charge in [0.05, 0.1) is 5.75 Å². The van der Waals surface area contributed by atoms with Gasteiger partial charge in [-0.25, -0.2) is 8.42 Å². The summed E-state index contributed by atoms with van der Waals surface area (Å²) in [7, 11) is 1.51. The Balaban J connectivity index is 2.07. The molecule has 1 aliphatic heterocycles. The topological polar surface area (TPSA) is 63.7 Å². The number of carbonyl (C=O) groups excluding carboxylic acids is 1. The van der Waals surface area contributed by atoms with Crippen molar-refractivity contribution in [3.8, 4) is 5.75 Å². The highest BCUT2D eigenvalue weighted by molar-refractivity contribution is 8.13. The molecule has 0 radical (unpaired) electrons. The first-order chi connectivity index (χ1) is 10.2. The number of rotatable bonds is 6. The molecule has 0 saturated carbocycles. The third-order valence-electron chi connectivity index (χ3n) is 3.28. The van der Waals surface area contributed by atoms with Gasteiger partial charge in [-0.05, 0) is 6.07 Å². The maximum atomic E-state index is 12.4. The zero-order valence-corrected chi connectivity index (χ0v) is 13.0. The monoisotopic (exact) mass is 353 g/mol. The molecule has 0 bridgehead atoms. The highest BCUT2D eigenvalue weighted by atomic mass is 35.7. The first kappa shape index (κ1) is 17.0. The molecule has 1 atom stereocenters. The lowest BCUT2D eigenvalue weighted by molar-refractivity contribution is -0.128. The molecule has 0 aliphatic carbocycles. The summed E-state index contributed by atoms with van der Waals surface area (Å²) in [5.41, 5.74) is 0.436. The van der Waals surface area contributed by atoms with Crippen molar-refractivity contribution in [3.05, 3.63) is 29.8 Å². The van der Waals surface area contributed by atoms with E-state index in [0.717, 1.165) is 0 Å². The summed E-state index contributed by atoms with van der Waals surface area (Å²) in [4.78, 5) is 13.3. The minimum atomic E-state index is -3.68. The second kappa shape index (κ2) is 6.78. The van der Waals surface area contributed by atoms with Crippen LogP contribution in [-0.2, 0) is 20.4 Å². The average Bonchev–Trinajstić information content (AvgIpc) is 2.69. The summed E-state index contributed by atoms with van der Waals surface area (Å²) < 4.78 is 51.3. The van der Waals surface area contributed by atoms with Crippen molar-refractivity contribution in [3.63, 3.8) is 0 Å². The van der Waals surface area contributed by atoms with E-state index in [2.05, 4.69) is 4.74 Å². The van der Waals surface area contributed by atoms with E-state index in [-0.39, 0.29) is 36.9 Å². The van der Waals surface area contributed by atoms with Gasteiger partial charge in [-0.1, -0.05) is 18.2 Å². The molecule has 1 heterocycles. The fourth-order valence-corrected chi connectivity index (χ4v) is 3.77. The SMILES string of the molecule is O=C1CC(CS(=O)(=O)Cl)CN1Cc1ccccc1OC(F)F. The smallest absolute Gasteiger partial charge is 0.387 e. The third kappa shape index (κ3) is 4.81. The molecule has 2 rings (SSSR count). The summed E-state index contributed by atoms with van der Waals surface area (Å²) in [5, 5.41) is 0. The van der Waals surface area contributed by atoms with Gasteiger partial charge < -0.3 is 9.64 Å². The number of hydrogen-bond acceptors (Lipinski definition) is 4. The maximum absolute atomic E-state index is 12.4. The van der Waals surface area contributed by atoms with Crippen molar-refractivity contribution in [2.24, 2.45) is 5.92 Å². The predicted molar refractivity (Wildman–Crippen MR) is 76.2 cm³/mol. The summed E-state index contributed by atoms with van der Waals surface area (Å²) in [6, 6.07) is 6.17. The Bertz CT molecular complexity index is 653. The van der Waals surface area contributed by atoms with Gasteiger partial charge >= 0.3 is 6.61 Å². The van der Waals surface area contributed by atoms with Gasteiger partial charge in [0.1, 0.15) is 5.75 Å². The molecular weight excluding hydrogens is 340 g/mol. The van der Waals surface area contributed by atoms with E-state index in [4.69, 9.17) is 10.7 Å². The molecule has 1 saturated heterocycles. The number of nitrogens with zero attached hydrogens (tertiary/aromatic N) is 1. The Hall–Kier alpha value is -1.41. The minimum absolute atomic E-state index is 0.00119. The fourth-order valence-electron chi connectivity index (χ4n) is 2.45. The molecule has 0 spiro atoms. The standard InChI is InChI=1S/C13H14ClF2NO4S/c14-22(19,20)8-9-5-12(18)17(6-9)7-10-3-1-2-4-11(10)21-13(15)16/h1-4,9,13H,5-8H2. The van der Waals surface area contributed by atoms with E-state index in [1.807, 2.05) is 0 Å². The Labute approximate surface area is 131 Å². The van der Waals surface area contributed by atoms with E-state index < -0.39 is 21.6 Å². The lowest BCUT2D eigenvalue weighted by atomic mass is 10.1. The Morgan fingerprint density at radius 1 is 1.36 bits per heavy atom. The van der Waals surface area contributed by atoms with Gasteiger partial charge in [0.2, 0.25) is 15.0 Å². The molecule has 1 aliphatic rings. The normalized spacial score (nSPS) is 19.0. The van der Waals surface area contributed by atoms with Crippen LogP contribution in [0.3, 0.4) is 0 Å². The number of halogens is 3. The Morgan fingerprint density at radius 3 is 2.68 bits per heavy atom. The number of alkyl halides is 2. The summed E-state index contributed by atoms with van der Waals surface area (Å²) >= 11 is 0. The number of amides is 1. The first-order valence-corrected chi connectivity index (χ1v) is 8.95. The number of likely N-dealkylation sites (tertiary alicyclic amines) is 1. The van der Waals surface area contributed by atoms with E-state index in [1.54, 1.807) is 18.2 Å². The summed E-state index contributed by atoms with van der Waals surface area (Å²) in [6.45, 7) is -2.65. The molecule has 1 fully saturated rings. The van der Waals surface area contributed by atoms with Gasteiger partial charge in [0.15, 0.2) is 0 Å². The first-order valence-electron chi connectivity index (χ1n) is 6.47. The van der Waals surface area contributed by atoms with Gasteiger partial charge in [-0.15, -0.1) is 0 Å². The van der Waals surface area contributed by atoms with Crippen LogP contribution in [0.2, 0.25) is 0 Å². The van der Waals surface area contributed by atoms with E-state index >= 15 is 0 Å². The van der Waals surface area contributed by atoms with Crippen LogP contribution in [0.1, 0.15) is 12.0 Å². The zero-order valence-electron chi connectivity index (χ0n) is 11.4. The van der Waals surface area contributed by atoms with Crippen LogP contribution < -0.4 is 4.74 Å². The number of hydrogen-bond donors (Lipinski definition) is 0. The van der Waals surface area contributed by atoms with Crippen LogP contribution in [0.5, 0.6) is 5.75 Å². The van der Waals surface area contributed by atoms with E-state index in [1.165, 1.54) is 11.0 Å². The minimum Gasteiger partial charge on any atom is -0.434 e. The predicted octanol–water partition coefficient (Wildman–Crippen LogP) is 2.21. The lowest BCUT2D eigenvalue weighted by Gasteiger charge is -2.18. The molecule has 122 valence electrons. The second-order valence-electron chi connectivity index (χ2n) is 5.04. The zero-order chi connectivity index (χ0) is 16.3.